The predicted molar refractivity (Wildman–Crippen MR) is 86.5 cm³/mol. The molecule has 0 saturated carbocycles. The number of hydrogen-bond acceptors (Lipinski definition) is 3. The van der Waals surface area contributed by atoms with Gasteiger partial charge in [-0.25, -0.2) is 4.98 Å². The lowest BCUT2D eigenvalue weighted by molar-refractivity contribution is 0.253. The summed E-state index contributed by atoms with van der Waals surface area (Å²) in [5, 5.41) is 0. The van der Waals surface area contributed by atoms with Crippen molar-refractivity contribution in [2.75, 3.05) is 37.6 Å². The van der Waals surface area contributed by atoms with Crippen LogP contribution in [0.3, 0.4) is 0 Å². The van der Waals surface area contributed by atoms with Crippen LogP contribution in [0.2, 0.25) is 0 Å². The van der Waals surface area contributed by atoms with Gasteiger partial charge in [0.1, 0.15) is 5.82 Å². The van der Waals surface area contributed by atoms with Crippen LogP contribution in [0, 0.1) is 0 Å². The summed E-state index contributed by atoms with van der Waals surface area (Å²) >= 11 is 0. The lowest BCUT2D eigenvalue weighted by Gasteiger charge is -2.35. The van der Waals surface area contributed by atoms with Gasteiger partial charge in [0.2, 0.25) is 0 Å². The number of anilines is 1. The van der Waals surface area contributed by atoms with Crippen LogP contribution < -0.4 is 4.90 Å². The van der Waals surface area contributed by atoms with Gasteiger partial charge in [-0.15, -0.1) is 0 Å². The van der Waals surface area contributed by atoms with Crippen molar-refractivity contribution >= 4 is 5.82 Å². The molecule has 0 amide bonds. The Hall–Kier alpha value is -1.09. The first kappa shape index (κ1) is 15.3. The molecule has 0 aliphatic carbocycles. The molecule has 112 valence electrons. The SMILES string of the molecule is CCCCN1CCN(c2ccc(C(C)(C)C)cn2)CC1. The highest BCUT2D eigenvalue weighted by atomic mass is 15.3. The summed E-state index contributed by atoms with van der Waals surface area (Å²) in [6.07, 6.45) is 4.65. The van der Waals surface area contributed by atoms with Crippen molar-refractivity contribution in [1.29, 1.82) is 0 Å². The van der Waals surface area contributed by atoms with E-state index in [0.717, 1.165) is 18.9 Å². The summed E-state index contributed by atoms with van der Waals surface area (Å²) in [6, 6.07) is 4.41. The van der Waals surface area contributed by atoms with Crippen molar-refractivity contribution in [3.63, 3.8) is 0 Å². The molecule has 1 aromatic heterocycles. The molecule has 1 fully saturated rings. The van der Waals surface area contributed by atoms with Gasteiger partial charge in [0, 0.05) is 32.4 Å². The highest BCUT2D eigenvalue weighted by Crippen LogP contribution is 2.23. The molecule has 20 heavy (non-hydrogen) atoms. The van der Waals surface area contributed by atoms with Gasteiger partial charge in [-0.1, -0.05) is 40.2 Å². The topological polar surface area (TPSA) is 19.4 Å². The number of hydrogen-bond donors (Lipinski definition) is 0. The molecule has 3 heteroatoms. The third-order valence-electron chi connectivity index (χ3n) is 4.14. The van der Waals surface area contributed by atoms with E-state index < -0.39 is 0 Å². The van der Waals surface area contributed by atoms with E-state index in [0.29, 0.717) is 0 Å². The molecule has 1 saturated heterocycles. The predicted octanol–water partition coefficient (Wildman–Crippen LogP) is 3.30. The Morgan fingerprint density at radius 1 is 1.10 bits per heavy atom. The van der Waals surface area contributed by atoms with Crippen LogP contribution >= 0.6 is 0 Å². The van der Waals surface area contributed by atoms with E-state index in [2.05, 4.69) is 54.6 Å². The average molecular weight is 275 g/mol. The first-order chi connectivity index (χ1) is 9.50. The van der Waals surface area contributed by atoms with Crippen molar-refractivity contribution in [3.05, 3.63) is 23.9 Å². The highest BCUT2D eigenvalue weighted by Gasteiger charge is 2.19. The van der Waals surface area contributed by atoms with Crippen LogP contribution in [0.5, 0.6) is 0 Å². The summed E-state index contributed by atoms with van der Waals surface area (Å²) in [5.41, 5.74) is 1.49. The summed E-state index contributed by atoms with van der Waals surface area (Å²) in [7, 11) is 0. The molecule has 0 unspecified atom stereocenters. The minimum absolute atomic E-state index is 0.185. The number of rotatable bonds is 4. The van der Waals surface area contributed by atoms with E-state index in [1.54, 1.807) is 0 Å². The molecule has 0 N–H and O–H groups in total. The Morgan fingerprint density at radius 2 is 1.80 bits per heavy atom. The molecule has 0 spiro atoms. The fourth-order valence-corrected chi connectivity index (χ4v) is 2.60. The van der Waals surface area contributed by atoms with E-state index in [9.17, 15) is 0 Å². The normalized spacial score (nSPS) is 17.5. The number of pyridine rings is 1. The van der Waals surface area contributed by atoms with E-state index >= 15 is 0 Å². The first-order valence-corrected chi connectivity index (χ1v) is 7.94. The average Bonchev–Trinajstić information content (AvgIpc) is 2.45. The smallest absolute Gasteiger partial charge is 0.128 e. The van der Waals surface area contributed by atoms with Crippen LogP contribution in [0.15, 0.2) is 18.3 Å². The van der Waals surface area contributed by atoms with E-state index in [1.165, 1.54) is 38.0 Å². The molecule has 0 bridgehead atoms. The van der Waals surface area contributed by atoms with Gasteiger partial charge in [-0.2, -0.15) is 0 Å². The fourth-order valence-electron chi connectivity index (χ4n) is 2.60. The minimum atomic E-state index is 0.185. The van der Waals surface area contributed by atoms with Gasteiger partial charge in [0.05, 0.1) is 0 Å². The van der Waals surface area contributed by atoms with Crippen LogP contribution in [0.1, 0.15) is 46.1 Å². The summed E-state index contributed by atoms with van der Waals surface area (Å²) < 4.78 is 0. The Bertz CT molecular complexity index is 397. The third-order valence-corrected chi connectivity index (χ3v) is 4.14. The van der Waals surface area contributed by atoms with Gasteiger partial charge in [-0.3, -0.25) is 4.90 Å². The molecule has 1 aliphatic rings. The number of unbranched alkanes of at least 4 members (excludes halogenated alkanes) is 1. The first-order valence-electron chi connectivity index (χ1n) is 7.94. The Morgan fingerprint density at radius 3 is 2.30 bits per heavy atom. The summed E-state index contributed by atoms with van der Waals surface area (Å²) in [4.78, 5) is 9.65. The molecule has 1 aliphatic heterocycles. The zero-order chi connectivity index (χ0) is 14.6. The van der Waals surface area contributed by atoms with Crippen molar-refractivity contribution in [1.82, 2.24) is 9.88 Å². The van der Waals surface area contributed by atoms with Crippen LogP contribution in [-0.2, 0) is 5.41 Å². The van der Waals surface area contributed by atoms with Crippen molar-refractivity contribution in [2.45, 2.75) is 46.0 Å². The summed E-state index contributed by atoms with van der Waals surface area (Å²) in [6.45, 7) is 14.8. The highest BCUT2D eigenvalue weighted by molar-refractivity contribution is 5.41. The molecule has 1 aromatic rings. The molecule has 2 heterocycles. The van der Waals surface area contributed by atoms with Crippen molar-refractivity contribution in [3.8, 4) is 0 Å². The quantitative estimate of drug-likeness (QED) is 0.840. The van der Waals surface area contributed by atoms with Gasteiger partial charge >= 0.3 is 0 Å². The Balaban J connectivity index is 1.90. The van der Waals surface area contributed by atoms with Gasteiger partial charge < -0.3 is 4.90 Å². The Labute approximate surface area is 124 Å². The second-order valence-electron chi connectivity index (χ2n) is 6.84. The maximum Gasteiger partial charge on any atom is 0.128 e. The van der Waals surface area contributed by atoms with E-state index in [1.807, 2.05) is 6.20 Å². The monoisotopic (exact) mass is 275 g/mol. The van der Waals surface area contributed by atoms with Crippen LogP contribution in [0.25, 0.3) is 0 Å². The standard InChI is InChI=1S/C17H29N3/c1-5-6-9-19-10-12-20(13-11-19)16-8-7-15(14-18-16)17(2,3)4/h7-8,14H,5-6,9-13H2,1-4H3. The molecule has 0 radical (unpaired) electrons. The second kappa shape index (κ2) is 6.57. The van der Waals surface area contributed by atoms with Gasteiger partial charge in [-0.05, 0) is 30.0 Å². The molecule has 3 nitrogen and oxygen atoms in total. The molecule has 2 rings (SSSR count). The van der Waals surface area contributed by atoms with Gasteiger partial charge in [0.15, 0.2) is 0 Å². The zero-order valence-electron chi connectivity index (χ0n) is 13.5. The minimum Gasteiger partial charge on any atom is -0.354 e. The van der Waals surface area contributed by atoms with E-state index in [-0.39, 0.29) is 5.41 Å². The Kier molecular flexibility index (Phi) is 5.03. The van der Waals surface area contributed by atoms with Crippen LogP contribution in [0.4, 0.5) is 5.82 Å². The molecular weight excluding hydrogens is 246 g/mol. The van der Waals surface area contributed by atoms with Gasteiger partial charge in [0.25, 0.3) is 0 Å². The number of nitrogens with zero attached hydrogens (tertiary/aromatic N) is 3. The molecule has 0 atom stereocenters. The van der Waals surface area contributed by atoms with Crippen molar-refractivity contribution in [2.24, 2.45) is 0 Å². The fraction of sp³-hybridized carbons (Fsp3) is 0.706. The maximum absolute atomic E-state index is 4.66. The zero-order valence-corrected chi connectivity index (χ0v) is 13.5. The number of piperazine rings is 1. The maximum atomic E-state index is 4.66. The third kappa shape index (κ3) is 3.95. The van der Waals surface area contributed by atoms with Crippen LogP contribution in [-0.4, -0.2) is 42.6 Å². The molecule has 0 aromatic carbocycles. The number of aromatic nitrogens is 1. The molecular formula is C17H29N3. The lowest BCUT2D eigenvalue weighted by Crippen LogP contribution is -2.46. The lowest BCUT2D eigenvalue weighted by atomic mass is 9.88. The second-order valence-corrected chi connectivity index (χ2v) is 6.84. The van der Waals surface area contributed by atoms with E-state index in [4.69, 9.17) is 0 Å². The summed E-state index contributed by atoms with van der Waals surface area (Å²) in [5.74, 6) is 1.13. The largest absolute Gasteiger partial charge is 0.354 e. The van der Waals surface area contributed by atoms with Crippen molar-refractivity contribution < 1.29 is 0 Å².